The molecule has 0 saturated carbocycles. The van der Waals surface area contributed by atoms with E-state index in [0.29, 0.717) is 32.7 Å². The summed E-state index contributed by atoms with van der Waals surface area (Å²) in [6.45, 7) is 2.37. The number of carbonyl (C=O) groups excluding carboxylic acids is 1. The number of amides is 1. The van der Waals surface area contributed by atoms with Gasteiger partial charge in [-0.05, 0) is 5.56 Å². The molecule has 2 atom stereocenters. The van der Waals surface area contributed by atoms with Crippen LogP contribution < -0.4 is 5.32 Å². The molecule has 2 heterocycles. The summed E-state index contributed by atoms with van der Waals surface area (Å²) in [7, 11) is 0. The molecule has 2 saturated heterocycles. The highest BCUT2D eigenvalue weighted by molar-refractivity contribution is 5.82. The van der Waals surface area contributed by atoms with Crippen molar-refractivity contribution in [2.45, 2.75) is 24.5 Å². The zero-order valence-corrected chi connectivity index (χ0v) is 13.5. The molecular formula is C17H23F2N3O2. The highest BCUT2D eigenvalue weighted by atomic mass is 19.3. The largest absolute Gasteiger partial charge is 0.387 e. The third-order valence-electron chi connectivity index (χ3n) is 4.71. The lowest BCUT2D eigenvalue weighted by atomic mass is 10.1. The summed E-state index contributed by atoms with van der Waals surface area (Å²) >= 11 is 0. The van der Waals surface area contributed by atoms with E-state index in [9.17, 15) is 18.7 Å². The van der Waals surface area contributed by atoms with Gasteiger partial charge in [-0.2, -0.15) is 0 Å². The van der Waals surface area contributed by atoms with Crippen LogP contribution in [0.2, 0.25) is 0 Å². The minimum Gasteiger partial charge on any atom is -0.387 e. The van der Waals surface area contributed by atoms with Crippen molar-refractivity contribution in [1.82, 2.24) is 15.1 Å². The average molecular weight is 339 g/mol. The Morgan fingerprint density at radius 2 is 1.92 bits per heavy atom. The van der Waals surface area contributed by atoms with Gasteiger partial charge in [-0.25, -0.2) is 8.78 Å². The van der Waals surface area contributed by atoms with E-state index in [4.69, 9.17) is 0 Å². The molecule has 7 heteroatoms. The van der Waals surface area contributed by atoms with Gasteiger partial charge in [-0.3, -0.25) is 15.0 Å². The molecule has 5 nitrogen and oxygen atoms in total. The minimum absolute atomic E-state index is 0.240. The first-order valence-corrected chi connectivity index (χ1v) is 8.30. The Morgan fingerprint density at radius 3 is 2.50 bits per heavy atom. The van der Waals surface area contributed by atoms with Gasteiger partial charge >= 0.3 is 0 Å². The molecule has 0 radical (unpaired) electrons. The van der Waals surface area contributed by atoms with E-state index >= 15 is 0 Å². The van der Waals surface area contributed by atoms with Crippen LogP contribution in [0.25, 0.3) is 0 Å². The second-order valence-corrected chi connectivity index (χ2v) is 6.55. The first-order valence-electron chi connectivity index (χ1n) is 8.30. The summed E-state index contributed by atoms with van der Waals surface area (Å²) in [6.07, 6.45) is -0.984. The molecule has 1 aromatic rings. The van der Waals surface area contributed by atoms with E-state index in [1.54, 1.807) is 4.90 Å². The standard InChI is InChI=1S/C17H23F2N3O2/c18-17(19)10-14(20-12-17)16(24)22-8-6-21(7-9-22)11-15(23)13-4-2-1-3-5-13/h1-5,14-15,20,23H,6-12H2. The molecule has 24 heavy (non-hydrogen) atoms. The lowest BCUT2D eigenvalue weighted by molar-refractivity contribution is -0.135. The van der Waals surface area contributed by atoms with Crippen LogP contribution in [0.3, 0.4) is 0 Å². The average Bonchev–Trinajstić information content (AvgIpc) is 2.95. The lowest BCUT2D eigenvalue weighted by Gasteiger charge is -2.36. The fraction of sp³-hybridized carbons (Fsp3) is 0.588. The third kappa shape index (κ3) is 4.09. The molecule has 0 aliphatic carbocycles. The van der Waals surface area contributed by atoms with E-state index in [0.717, 1.165) is 5.56 Å². The number of alkyl halides is 2. The van der Waals surface area contributed by atoms with Crippen molar-refractivity contribution in [3.63, 3.8) is 0 Å². The van der Waals surface area contributed by atoms with Crippen LogP contribution in [0.15, 0.2) is 30.3 Å². The van der Waals surface area contributed by atoms with Gasteiger partial charge in [-0.1, -0.05) is 30.3 Å². The second kappa shape index (κ2) is 7.13. The summed E-state index contributed by atoms with van der Waals surface area (Å²) in [5.74, 6) is -3.03. The van der Waals surface area contributed by atoms with Crippen LogP contribution in [0.4, 0.5) is 8.78 Å². The van der Waals surface area contributed by atoms with Crippen LogP contribution in [-0.2, 0) is 4.79 Å². The van der Waals surface area contributed by atoms with E-state index in [1.165, 1.54) is 0 Å². The van der Waals surface area contributed by atoms with Crippen molar-refractivity contribution in [2.24, 2.45) is 0 Å². The summed E-state index contributed by atoms with van der Waals surface area (Å²) in [5, 5.41) is 12.9. The first kappa shape index (κ1) is 17.3. The van der Waals surface area contributed by atoms with Crippen molar-refractivity contribution in [3.8, 4) is 0 Å². The molecule has 0 spiro atoms. The summed E-state index contributed by atoms with van der Waals surface area (Å²) in [6, 6.07) is 8.67. The molecule has 2 aliphatic rings. The number of aliphatic hydroxyl groups excluding tert-OH is 1. The number of nitrogens with zero attached hydrogens (tertiary/aromatic N) is 2. The molecule has 2 fully saturated rings. The molecule has 2 aliphatic heterocycles. The van der Waals surface area contributed by atoms with Crippen molar-refractivity contribution < 1.29 is 18.7 Å². The number of benzene rings is 1. The Hall–Kier alpha value is -1.57. The molecular weight excluding hydrogens is 316 g/mol. The Balaban J connectivity index is 1.47. The number of rotatable bonds is 4. The molecule has 132 valence electrons. The maximum Gasteiger partial charge on any atom is 0.262 e. The summed E-state index contributed by atoms with van der Waals surface area (Å²) in [4.78, 5) is 16.0. The number of nitrogens with one attached hydrogen (secondary N) is 1. The zero-order chi connectivity index (χ0) is 17.2. The molecule has 1 amide bonds. The lowest BCUT2D eigenvalue weighted by Crippen LogP contribution is -2.53. The van der Waals surface area contributed by atoms with Crippen LogP contribution in [0, 0.1) is 0 Å². The molecule has 2 N–H and O–H groups in total. The normalized spacial score (nSPS) is 25.6. The maximum absolute atomic E-state index is 13.2. The zero-order valence-electron chi connectivity index (χ0n) is 13.5. The number of hydrogen-bond donors (Lipinski definition) is 2. The van der Waals surface area contributed by atoms with Crippen molar-refractivity contribution in [2.75, 3.05) is 39.3 Å². The van der Waals surface area contributed by atoms with Crippen LogP contribution in [-0.4, -0.2) is 72.0 Å². The van der Waals surface area contributed by atoms with Gasteiger partial charge in [0.15, 0.2) is 0 Å². The number of piperazine rings is 1. The molecule has 1 aromatic carbocycles. The number of halogens is 2. The quantitative estimate of drug-likeness (QED) is 0.854. The Bertz CT molecular complexity index is 562. The van der Waals surface area contributed by atoms with Crippen LogP contribution in [0.5, 0.6) is 0 Å². The highest BCUT2D eigenvalue weighted by Crippen LogP contribution is 2.26. The fourth-order valence-corrected chi connectivity index (χ4v) is 3.29. The van der Waals surface area contributed by atoms with Crippen molar-refractivity contribution in [3.05, 3.63) is 35.9 Å². The predicted molar refractivity (Wildman–Crippen MR) is 85.8 cm³/mol. The number of β-amino-alcohol motifs (C(OH)–C–C–N with tert-alkyl or cyclic N) is 1. The number of aliphatic hydroxyl groups is 1. The van der Waals surface area contributed by atoms with Gasteiger partial charge in [0.25, 0.3) is 5.92 Å². The van der Waals surface area contributed by atoms with E-state index in [-0.39, 0.29) is 5.91 Å². The summed E-state index contributed by atoms with van der Waals surface area (Å²) in [5.41, 5.74) is 0.869. The number of carbonyl (C=O) groups is 1. The maximum atomic E-state index is 13.2. The predicted octanol–water partition coefficient (Wildman–Crippen LogP) is 0.861. The first-order chi connectivity index (χ1) is 11.4. The summed E-state index contributed by atoms with van der Waals surface area (Å²) < 4.78 is 26.4. The van der Waals surface area contributed by atoms with Gasteiger partial charge in [-0.15, -0.1) is 0 Å². The van der Waals surface area contributed by atoms with Crippen molar-refractivity contribution in [1.29, 1.82) is 0 Å². The molecule has 0 bridgehead atoms. The minimum atomic E-state index is -2.79. The Morgan fingerprint density at radius 1 is 1.25 bits per heavy atom. The number of hydrogen-bond acceptors (Lipinski definition) is 4. The van der Waals surface area contributed by atoms with Gasteiger partial charge < -0.3 is 10.0 Å². The fourth-order valence-electron chi connectivity index (χ4n) is 3.29. The topological polar surface area (TPSA) is 55.8 Å². The van der Waals surface area contributed by atoms with Crippen molar-refractivity contribution >= 4 is 5.91 Å². The Labute approximate surface area is 140 Å². The third-order valence-corrected chi connectivity index (χ3v) is 4.71. The molecule has 2 unspecified atom stereocenters. The van der Waals surface area contributed by atoms with Crippen LogP contribution >= 0.6 is 0 Å². The van der Waals surface area contributed by atoms with Gasteiger partial charge in [0, 0.05) is 39.1 Å². The molecule has 0 aromatic heterocycles. The van der Waals surface area contributed by atoms with E-state index in [1.807, 2.05) is 30.3 Å². The highest BCUT2D eigenvalue weighted by Gasteiger charge is 2.43. The van der Waals surface area contributed by atoms with Gasteiger partial charge in [0.1, 0.15) is 0 Å². The smallest absolute Gasteiger partial charge is 0.262 e. The SMILES string of the molecule is O=C(C1CC(F)(F)CN1)N1CCN(CC(O)c2ccccc2)CC1. The monoisotopic (exact) mass is 339 g/mol. The van der Waals surface area contributed by atoms with Gasteiger partial charge in [0.2, 0.25) is 5.91 Å². The Kier molecular flexibility index (Phi) is 5.12. The molecule has 3 rings (SSSR count). The van der Waals surface area contributed by atoms with Gasteiger partial charge in [0.05, 0.1) is 18.7 Å². The van der Waals surface area contributed by atoms with E-state index in [2.05, 4.69) is 10.2 Å². The van der Waals surface area contributed by atoms with E-state index < -0.39 is 31.0 Å². The van der Waals surface area contributed by atoms with Crippen LogP contribution in [0.1, 0.15) is 18.1 Å². The second-order valence-electron chi connectivity index (χ2n) is 6.55.